The molecule has 0 atom stereocenters. The Labute approximate surface area is 74.1 Å². The van der Waals surface area contributed by atoms with Gasteiger partial charge in [-0.2, -0.15) is 0 Å². The van der Waals surface area contributed by atoms with Crippen LogP contribution in [0.5, 0.6) is 0 Å². The van der Waals surface area contributed by atoms with Gasteiger partial charge in [-0.3, -0.25) is 0 Å². The average molecular weight is 142 g/mol. The van der Waals surface area contributed by atoms with Gasteiger partial charge in [-0.15, -0.1) is 0 Å². The molecule has 0 saturated carbocycles. The maximum absolute atomic E-state index is 9.36. The van der Waals surface area contributed by atoms with E-state index < -0.39 is 18.0 Å². The molecule has 0 amide bonds. The van der Waals surface area contributed by atoms with Crippen molar-refractivity contribution < 1.29 is 55.9 Å². The first kappa shape index (κ1) is 11.7. The van der Waals surface area contributed by atoms with Gasteiger partial charge in [0, 0.05) is 0 Å². The second-order valence-corrected chi connectivity index (χ2v) is 1.04. The Morgan fingerprint density at radius 3 is 1.56 bits per heavy atom. The van der Waals surface area contributed by atoms with Crippen molar-refractivity contribution in [2.75, 3.05) is 0 Å². The van der Waals surface area contributed by atoms with Crippen molar-refractivity contribution in [2.24, 2.45) is 0 Å². The smallest absolute Gasteiger partial charge is 0.547 e. The van der Waals surface area contributed by atoms with E-state index in [0.717, 1.165) is 0 Å². The van der Waals surface area contributed by atoms with Crippen LogP contribution in [-0.4, -0.2) is 23.1 Å². The van der Waals surface area contributed by atoms with Crippen molar-refractivity contribution in [1.82, 2.24) is 0 Å². The number of carbonyl (C=O) groups excluding carboxylic acids is 2. The predicted molar refractivity (Wildman–Crippen MR) is 17.1 cm³/mol. The van der Waals surface area contributed by atoms with Gasteiger partial charge < -0.3 is 24.9 Å². The number of carboxylic acids is 2. The van der Waals surface area contributed by atoms with Crippen molar-refractivity contribution in [1.29, 1.82) is 0 Å². The van der Waals surface area contributed by atoms with Gasteiger partial charge in [-0.1, -0.05) is 0 Å². The van der Waals surface area contributed by atoms with Crippen LogP contribution in [0.15, 0.2) is 0 Å². The van der Waals surface area contributed by atoms with Crippen LogP contribution in [0, 0.1) is 0 Å². The first-order chi connectivity index (χ1) is 3.55. The summed E-state index contributed by atoms with van der Waals surface area (Å²) in [6.07, 6.45) is -2.52. The molecule has 1 N–H and O–H groups in total. The summed E-state index contributed by atoms with van der Waals surface area (Å²) >= 11 is 0. The minimum Gasteiger partial charge on any atom is -0.547 e. The van der Waals surface area contributed by atoms with Crippen molar-refractivity contribution >= 4 is 11.9 Å². The number of aliphatic hydroxyl groups excluding tert-OH is 1. The number of hydrogen-bond donors (Lipinski definition) is 1. The summed E-state index contributed by atoms with van der Waals surface area (Å²) in [6, 6.07) is 0. The van der Waals surface area contributed by atoms with E-state index in [9.17, 15) is 19.8 Å². The molecule has 46 valence electrons. The number of carboxylic acid groups (broad SMARTS) is 2. The maximum Gasteiger partial charge on any atom is 1.00 e. The molecule has 0 aromatic carbocycles. The fourth-order valence-electron chi connectivity index (χ4n) is 0.0962. The van der Waals surface area contributed by atoms with Gasteiger partial charge in [-0.05, 0) is 0 Å². The Hall–Kier alpha value is -0.100. The monoisotopic (exact) mass is 142 g/mol. The summed E-state index contributed by atoms with van der Waals surface area (Å²) < 4.78 is 0. The van der Waals surface area contributed by atoms with Crippen LogP contribution in [0.1, 0.15) is 1.43 Å². The Balaban J connectivity index is -0.000000245. The standard InChI is InChI=1S/C3H4O5.Na/c4-1(2(5)6)3(7)8;/h1,4H,(H,5,6)(H,7,8);/q;+1/p-1. The third-order valence-electron chi connectivity index (χ3n) is 0.447. The summed E-state index contributed by atoms with van der Waals surface area (Å²) in [5.74, 6) is -4.13. The van der Waals surface area contributed by atoms with E-state index in [0.29, 0.717) is 0 Å². The predicted octanol–water partition coefficient (Wildman–Crippen LogP) is -7.04. The summed E-state index contributed by atoms with van der Waals surface area (Å²) in [7, 11) is 0. The van der Waals surface area contributed by atoms with E-state index in [2.05, 4.69) is 0 Å². The summed E-state index contributed by atoms with van der Waals surface area (Å²) in [6.45, 7) is 0. The van der Waals surface area contributed by atoms with E-state index in [1.165, 1.54) is 0 Å². The van der Waals surface area contributed by atoms with Gasteiger partial charge in [0.25, 0.3) is 0 Å². The molecule has 0 unspecified atom stereocenters. The Bertz CT molecular complexity index is 112. The van der Waals surface area contributed by atoms with Crippen molar-refractivity contribution in [2.45, 2.75) is 6.10 Å². The quantitative estimate of drug-likeness (QED) is 0.305. The molecule has 0 heterocycles. The van der Waals surface area contributed by atoms with Crippen LogP contribution >= 0.6 is 0 Å². The third-order valence-corrected chi connectivity index (χ3v) is 0.447. The van der Waals surface area contributed by atoms with Crippen LogP contribution in [0.4, 0.5) is 0 Å². The molecule has 5 nitrogen and oxygen atoms in total. The molecule has 0 aliphatic heterocycles. The van der Waals surface area contributed by atoms with Gasteiger partial charge in [0.2, 0.25) is 0 Å². The summed E-state index contributed by atoms with van der Waals surface area (Å²) in [5, 5.41) is 26.6. The van der Waals surface area contributed by atoms with E-state index >= 15 is 0 Å². The minimum atomic E-state index is -2.52. The van der Waals surface area contributed by atoms with E-state index in [1.807, 2.05) is 0 Å². The van der Waals surface area contributed by atoms with Crippen LogP contribution in [0.2, 0.25) is 0 Å². The van der Waals surface area contributed by atoms with E-state index in [-0.39, 0.29) is 31.0 Å². The molecule has 6 heteroatoms. The first-order valence-corrected chi connectivity index (χ1v) is 1.65. The molecule has 0 bridgehead atoms. The van der Waals surface area contributed by atoms with Gasteiger partial charge >= 0.3 is 31.0 Å². The second-order valence-electron chi connectivity index (χ2n) is 1.04. The third kappa shape index (κ3) is 4.41. The molecule has 0 fully saturated rings. The van der Waals surface area contributed by atoms with Crippen LogP contribution in [0.25, 0.3) is 0 Å². The molecule has 0 aromatic rings. The topological polar surface area (TPSA) is 100 Å². The molecular formula is C3H3NaO5. The molecular weight excluding hydrogens is 139 g/mol. The molecule has 0 aliphatic rings. The first-order valence-electron chi connectivity index (χ1n) is 1.65. The zero-order valence-electron chi connectivity index (χ0n) is 5.66. The zero-order valence-corrected chi connectivity index (χ0v) is 6.66. The number of aliphatic hydroxyl groups is 1. The SMILES string of the molecule is O=C([O-])C(O)C(=O)[O-].[H+].[Na+]. The maximum atomic E-state index is 9.36. The van der Waals surface area contributed by atoms with E-state index in [1.54, 1.807) is 0 Å². The Morgan fingerprint density at radius 2 is 1.56 bits per heavy atom. The van der Waals surface area contributed by atoms with Crippen LogP contribution in [0.3, 0.4) is 0 Å². The Kier molecular flexibility index (Phi) is 6.16. The van der Waals surface area contributed by atoms with Crippen molar-refractivity contribution in [3.05, 3.63) is 0 Å². The van der Waals surface area contributed by atoms with Crippen molar-refractivity contribution in [3.63, 3.8) is 0 Å². The molecule has 9 heavy (non-hydrogen) atoms. The molecule has 0 spiro atoms. The number of rotatable bonds is 2. The molecule has 0 radical (unpaired) electrons. The van der Waals surface area contributed by atoms with Gasteiger partial charge in [0.1, 0.15) is 6.10 Å². The van der Waals surface area contributed by atoms with Gasteiger partial charge in [0.15, 0.2) is 0 Å². The van der Waals surface area contributed by atoms with Crippen LogP contribution in [-0.2, 0) is 9.59 Å². The number of aliphatic carboxylic acids is 2. The fraction of sp³-hybridized carbons (Fsp3) is 0.333. The number of hydrogen-bond acceptors (Lipinski definition) is 5. The summed E-state index contributed by atoms with van der Waals surface area (Å²) in [5.41, 5.74) is 0. The molecule has 0 rings (SSSR count). The Morgan fingerprint density at radius 1 is 1.33 bits per heavy atom. The molecule has 0 saturated heterocycles. The molecule has 0 aromatic heterocycles. The fourth-order valence-corrected chi connectivity index (χ4v) is 0.0962. The van der Waals surface area contributed by atoms with Gasteiger partial charge in [-0.25, -0.2) is 0 Å². The average Bonchev–Trinajstić information content (AvgIpc) is 1.64. The molecule has 0 aliphatic carbocycles. The largest absolute Gasteiger partial charge is 1.00 e. The summed E-state index contributed by atoms with van der Waals surface area (Å²) in [4.78, 5) is 18.7. The second kappa shape index (κ2) is 4.75. The normalized spacial score (nSPS) is 8.22. The van der Waals surface area contributed by atoms with Gasteiger partial charge in [0.05, 0.1) is 11.9 Å². The van der Waals surface area contributed by atoms with Crippen LogP contribution < -0.4 is 39.8 Å². The number of carbonyl (C=O) groups is 2. The zero-order chi connectivity index (χ0) is 6.73. The van der Waals surface area contributed by atoms with E-state index in [4.69, 9.17) is 5.11 Å². The van der Waals surface area contributed by atoms with Crippen molar-refractivity contribution in [3.8, 4) is 0 Å². The minimum absolute atomic E-state index is 0.